The molecule has 0 saturated carbocycles. The van der Waals surface area contributed by atoms with Crippen molar-refractivity contribution < 1.29 is 39.6 Å². The summed E-state index contributed by atoms with van der Waals surface area (Å²) in [6.07, 6.45) is -9.86. The highest BCUT2D eigenvalue weighted by Gasteiger charge is 2.54. The van der Waals surface area contributed by atoms with Gasteiger partial charge in [0.1, 0.15) is 11.6 Å². The molecule has 2 amide bonds. The number of urea groups is 1. The van der Waals surface area contributed by atoms with E-state index >= 15 is 0 Å². The first-order chi connectivity index (χ1) is 18.9. The van der Waals surface area contributed by atoms with Gasteiger partial charge in [0.15, 0.2) is 17.0 Å². The van der Waals surface area contributed by atoms with Crippen LogP contribution in [0.2, 0.25) is 0 Å². The Morgan fingerprint density at radius 2 is 1.71 bits per heavy atom. The average Bonchev–Trinajstić information content (AvgIpc) is 3.23. The van der Waals surface area contributed by atoms with E-state index < -0.39 is 54.3 Å². The maximum Gasteiger partial charge on any atom is 0.435 e. The van der Waals surface area contributed by atoms with Gasteiger partial charge in [0.25, 0.3) is 0 Å². The summed E-state index contributed by atoms with van der Waals surface area (Å²) in [5.41, 5.74) is -3.22. The highest BCUT2D eigenvalue weighted by molar-refractivity contribution is 5.75. The molecule has 0 radical (unpaired) electrons. The number of carbonyl (C=O) groups is 1. The van der Waals surface area contributed by atoms with Crippen molar-refractivity contribution in [2.75, 3.05) is 45.0 Å². The molecular formula is C23H22F7N7O. The van der Waals surface area contributed by atoms with Crippen LogP contribution < -0.4 is 10.6 Å². The third-order valence-electron chi connectivity index (χ3n) is 6.70. The fourth-order valence-corrected chi connectivity index (χ4v) is 4.95. The van der Waals surface area contributed by atoms with Crippen LogP contribution in [0.15, 0.2) is 36.4 Å². The molecule has 1 aromatic carbocycles. The number of halogens is 7. The number of amides is 2. The van der Waals surface area contributed by atoms with Crippen molar-refractivity contribution in [2.24, 2.45) is 5.41 Å². The average molecular weight is 548 g/mol. The van der Waals surface area contributed by atoms with E-state index in [4.69, 9.17) is 4.11 Å². The molecule has 2 aliphatic heterocycles. The second-order valence-corrected chi connectivity index (χ2v) is 9.46. The molecule has 2 saturated heterocycles. The summed E-state index contributed by atoms with van der Waals surface area (Å²) in [6.45, 7) is -1.32. The summed E-state index contributed by atoms with van der Waals surface area (Å²) in [6, 6.07) is 5.08. The molecule has 5 rings (SSSR count). The van der Waals surface area contributed by atoms with Gasteiger partial charge in [0.2, 0.25) is 0 Å². The van der Waals surface area contributed by atoms with Gasteiger partial charge < -0.3 is 15.5 Å². The number of carbonyl (C=O) groups excluding carboxylic acids is 1. The molecule has 0 unspecified atom stereocenters. The van der Waals surface area contributed by atoms with Gasteiger partial charge in [-0.05, 0) is 17.7 Å². The van der Waals surface area contributed by atoms with Crippen molar-refractivity contribution in [1.82, 2.24) is 29.7 Å². The van der Waals surface area contributed by atoms with Gasteiger partial charge in [-0.1, -0.05) is 12.1 Å². The van der Waals surface area contributed by atoms with Gasteiger partial charge in [-0.15, -0.1) is 0 Å². The fourth-order valence-electron chi connectivity index (χ4n) is 4.95. The van der Waals surface area contributed by atoms with Crippen LogP contribution in [0.1, 0.15) is 27.1 Å². The summed E-state index contributed by atoms with van der Waals surface area (Å²) in [5.74, 6) is -0.895. The zero-order valence-corrected chi connectivity index (χ0v) is 19.4. The number of benzene rings is 1. The molecule has 2 N–H and O–H groups in total. The Morgan fingerprint density at radius 1 is 1.05 bits per heavy atom. The van der Waals surface area contributed by atoms with Crippen molar-refractivity contribution in [3.05, 3.63) is 59.2 Å². The monoisotopic (exact) mass is 548 g/mol. The molecule has 2 aromatic heterocycles. The van der Waals surface area contributed by atoms with Gasteiger partial charge in [0, 0.05) is 61.4 Å². The van der Waals surface area contributed by atoms with Gasteiger partial charge in [-0.2, -0.15) is 36.0 Å². The molecular weight excluding hydrogens is 523 g/mol. The van der Waals surface area contributed by atoms with Crippen LogP contribution >= 0.6 is 0 Å². The van der Waals surface area contributed by atoms with Crippen molar-refractivity contribution in [3.8, 4) is 0 Å². The van der Waals surface area contributed by atoms with E-state index in [1.807, 2.05) is 10.2 Å². The van der Waals surface area contributed by atoms with Crippen LogP contribution in [0.25, 0.3) is 5.65 Å². The number of nitrogens with zero attached hydrogens (tertiary/aromatic N) is 5. The largest absolute Gasteiger partial charge is 0.435 e. The van der Waals surface area contributed by atoms with Crippen molar-refractivity contribution in [2.45, 2.75) is 18.4 Å². The number of likely N-dealkylation sites (tertiary alicyclic amines) is 2. The van der Waals surface area contributed by atoms with Crippen LogP contribution in [-0.2, 0) is 12.4 Å². The predicted molar refractivity (Wildman–Crippen MR) is 121 cm³/mol. The Bertz CT molecular complexity index is 1440. The minimum Gasteiger partial charge on any atom is -0.368 e. The minimum atomic E-state index is -4.94. The molecule has 4 heterocycles. The van der Waals surface area contributed by atoms with Crippen LogP contribution in [0.4, 0.5) is 41.3 Å². The number of anilines is 1. The first-order valence-electron chi connectivity index (χ1n) is 12.8. The molecule has 2 fully saturated rings. The normalized spacial score (nSPS) is 19.8. The first kappa shape index (κ1) is 22.4. The molecule has 15 heteroatoms. The maximum atomic E-state index is 13.6. The molecule has 204 valence electrons. The van der Waals surface area contributed by atoms with E-state index in [9.17, 15) is 35.5 Å². The highest BCUT2D eigenvalue weighted by atomic mass is 19.4. The molecule has 2 aliphatic rings. The summed E-state index contributed by atoms with van der Waals surface area (Å²) in [4.78, 5) is 18.7. The Kier molecular flexibility index (Phi) is 5.29. The topological polar surface area (TPSA) is 77.8 Å². The quantitative estimate of drug-likeness (QED) is 0.472. The van der Waals surface area contributed by atoms with Gasteiger partial charge >= 0.3 is 18.4 Å². The van der Waals surface area contributed by atoms with Gasteiger partial charge in [0.05, 0.1) is 6.04 Å². The zero-order valence-electron chi connectivity index (χ0n) is 22.4. The van der Waals surface area contributed by atoms with E-state index in [2.05, 4.69) is 15.4 Å². The summed E-state index contributed by atoms with van der Waals surface area (Å²) >= 11 is 0. The smallest absolute Gasteiger partial charge is 0.368 e. The molecule has 0 aliphatic carbocycles. The third-order valence-corrected chi connectivity index (χ3v) is 6.70. The number of hydrogen-bond acceptors (Lipinski definition) is 5. The minimum absolute atomic E-state index is 0.0947. The lowest BCUT2D eigenvalue weighted by molar-refractivity contribution is -0.142. The standard InChI is InChI=1S/C23H22F7N7O/c1-31-20(38)36-11-21(12-36)9-35(10-21)15(13-2-4-14(24)5-3-13)8-32-18-6-16(22(25,26)27)33-19-7-17(23(28,29)30)34-37(18)19/h2-7,15,32H,8-12H2,1H3,(H,31,38)/t15-/m0/s1/i1D3. The van der Waals surface area contributed by atoms with Gasteiger partial charge in [-0.25, -0.2) is 14.2 Å². The number of nitrogens with one attached hydrogen (secondary N) is 2. The first-order valence-corrected chi connectivity index (χ1v) is 11.3. The molecule has 8 nitrogen and oxygen atoms in total. The molecule has 1 spiro atoms. The van der Waals surface area contributed by atoms with Crippen LogP contribution in [-0.4, -0.2) is 70.1 Å². The number of rotatable bonds is 5. The predicted octanol–water partition coefficient (Wildman–Crippen LogP) is 4.02. The van der Waals surface area contributed by atoms with Crippen LogP contribution in [0, 0.1) is 11.2 Å². The maximum absolute atomic E-state index is 13.6. The highest BCUT2D eigenvalue weighted by Crippen LogP contribution is 2.43. The second-order valence-electron chi connectivity index (χ2n) is 9.46. The Balaban J connectivity index is 1.36. The molecule has 0 bridgehead atoms. The van der Waals surface area contributed by atoms with E-state index in [1.54, 1.807) is 0 Å². The van der Waals surface area contributed by atoms with E-state index in [0.29, 0.717) is 35.3 Å². The Morgan fingerprint density at radius 3 is 2.32 bits per heavy atom. The fraction of sp³-hybridized carbons (Fsp3) is 0.435. The lowest BCUT2D eigenvalue weighted by Crippen LogP contribution is -2.74. The summed E-state index contributed by atoms with van der Waals surface area (Å²) in [7, 11) is 0. The van der Waals surface area contributed by atoms with E-state index in [-0.39, 0.29) is 30.9 Å². The number of aromatic nitrogens is 3. The van der Waals surface area contributed by atoms with E-state index in [0.717, 1.165) is 0 Å². The lowest BCUT2D eigenvalue weighted by Gasteiger charge is -2.61. The SMILES string of the molecule is [2H]C([2H])([2H])NC(=O)N1CC2(C1)CN([C@@H](CNc1cc(C(F)(F)F)nc3cc(C(F)(F)F)nn13)c1ccc(F)cc1)C2. The molecule has 3 aromatic rings. The second kappa shape index (κ2) is 8.99. The van der Waals surface area contributed by atoms with Gasteiger partial charge in [-0.3, -0.25) is 4.90 Å². The zero-order chi connectivity index (χ0) is 30.0. The molecule has 1 atom stereocenters. The summed E-state index contributed by atoms with van der Waals surface area (Å²) in [5, 5.41) is 8.08. The number of hydrogen-bond donors (Lipinski definition) is 2. The Hall–Kier alpha value is -3.62. The van der Waals surface area contributed by atoms with Crippen LogP contribution in [0.5, 0.6) is 0 Å². The van der Waals surface area contributed by atoms with E-state index in [1.165, 1.54) is 29.2 Å². The number of alkyl halides is 6. The van der Waals surface area contributed by atoms with Crippen LogP contribution in [0.3, 0.4) is 0 Å². The third kappa shape index (κ3) is 4.81. The summed E-state index contributed by atoms with van der Waals surface area (Å²) < 4.78 is 116. The van der Waals surface area contributed by atoms with Crippen molar-refractivity contribution in [1.29, 1.82) is 0 Å². The number of fused-ring (bicyclic) bond motifs is 1. The van der Waals surface area contributed by atoms with Crippen molar-refractivity contribution >= 4 is 17.5 Å². The Labute approximate surface area is 215 Å². The lowest BCUT2D eigenvalue weighted by atomic mass is 9.72. The van der Waals surface area contributed by atoms with Crippen molar-refractivity contribution in [3.63, 3.8) is 0 Å². The molecule has 38 heavy (non-hydrogen) atoms.